The number of carboxylic acids is 1. The van der Waals surface area contributed by atoms with Crippen molar-refractivity contribution in [2.75, 3.05) is 6.54 Å². The van der Waals surface area contributed by atoms with Crippen LogP contribution in [0, 0.1) is 6.92 Å². The largest absolute Gasteiger partial charge is 0.476 e. The van der Waals surface area contributed by atoms with Gasteiger partial charge in [-0.2, -0.15) is 5.10 Å². The smallest absolute Gasteiger partial charge is 0.356 e. The third kappa shape index (κ3) is 2.67. The fraction of sp³-hybridized carbons (Fsp3) is 0.471. The summed E-state index contributed by atoms with van der Waals surface area (Å²) in [5, 5.41) is 13.4. The number of hydrogen-bond donors (Lipinski definition) is 1. The molecule has 3 heterocycles. The standard InChI is InChI=1S/C17H19N5O3/c1-9-11(7-18-15(19-9)10-3-4-10)16(23)22-6-5-13-12(8-22)14(17(24)25)20-21(13)2/h7,10H,3-6,8H2,1-2H3,(H,24,25). The molecule has 0 atom stereocenters. The minimum atomic E-state index is -1.07. The van der Waals surface area contributed by atoms with E-state index in [1.165, 1.54) is 0 Å². The summed E-state index contributed by atoms with van der Waals surface area (Å²) in [7, 11) is 1.73. The summed E-state index contributed by atoms with van der Waals surface area (Å²) in [6.45, 7) is 2.59. The Morgan fingerprint density at radius 1 is 1.32 bits per heavy atom. The third-order valence-corrected chi connectivity index (χ3v) is 4.90. The van der Waals surface area contributed by atoms with Crippen LogP contribution in [0.1, 0.15) is 62.4 Å². The van der Waals surface area contributed by atoms with Crippen molar-refractivity contribution in [3.05, 3.63) is 40.2 Å². The van der Waals surface area contributed by atoms with Crippen LogP contribution < -0.4 is 0 Å². The first kappa shape index (κ1) is 15.7. The van der Waals surface area contributed by atoms with Crippen LogP contribution in [0.25, 0.3) is 0 Å². The van der Waals surface area contributed by atoms with E-state index in [9.17, 15) is 14.7 Å². The van der Waals surface area contributed by atoms with E-state index in [2.05, 4.69) is 15.1 Å². The van der Waals surface area contributed by atoms with Gasteiger partial charge in [-0.1, -0.05) is 0 Å². The van der Waals surface area contributed by atoms with Gasteiger partial charge in [0, 0.05) is 43.4 Å². The number of nitrogens with zero attached hydrogens (tertiary/aromatic N) is 5. The van der Waals surface area contributed by atoms with E-state index in [-0.39, 0.29) is 18.1 Å². The van der Waals surface area contributed by atoms with E-state index in [4.69, 9.17) is 0 Å². The molecular formula is C17H19N5O3. The third-order valence-electron chi connectivity index (χ3n) is 4.90. The van der Waals surface area contributed by atoms with E-state index < -0.39 is 5.97 Å². The highest BCUT2D eigenvalue weighted by Crippen LogP contribution is 2.38. The van der Waals surface area contributed by atoms with Gasteiger partial charge in [0.1, 0.15) is 5.82 Å². The molecule has 2 aliphatic rings. The van der Waals surface area contributed by atoms with Crippen molar-refractivity contribution in [2.45, 2.75) is 38.6 Å². The van der Waals surface area contributed by atoms with Crippen molar-refractivity contribution in [1.82, 2.24) is 24.6 Å². The number of carboxylic acid groups (broad SMARTS) is 1. The highest BCUT2D eigenvalue weighted by atomic mass is 16.4. The summed E-state index contributed by atoms with van der Waals surface area (Å²) in [5.74, 6) is 0.0226. The summed E-state index contributed by atoms with van der Waals surface area (Å²) < 4.78 is 1.60. The lowest BCUT2D eigenvalue weighted by Crippen LogP contribution is -2.37. The summed E-state index contributed by atoms with van der Waals surface area (Å²) in [6, 6.07) is 0. The lowest BCUT2D eigenvalue weighted by molar-refractivity contribution is 0.0673. The van der Waals surface area contributed by atoms with Crippen LogP contribution in [-0.2, 0) is 20.0 Å². The van der Waals surface area contributed by atoms with Crippen molar-refractivity contribution in [3.8, 4) is 0 Å². The molecular weight excluding hydrogens is 322 g/mol. The Morgan fingerprint density at radius 2 is 2.08 bits per heavy atom. The average Bonchev–Trinajstić information content (AvgIpc) is 3.38. The van der Waals surface area contributed by atoms with Gasteiger partial charge in [-0.3, -0.25) is 9.48 Å². The van der Waals surface area contributed by atoms with Crippen molar-refractivity contribution < 1.29 is 14.7 Å². The van der Waals surface area contributed by atoms with Gasteiger partial charge in [0.2, 0.25) is 0 Å². The molecule has 2 aromatic rings. The zero-order valence-electron chi connectivity index (χ0n) is 14.2. The second-order valence-electron chi connectivity index (χ2n) is 6.68. The number of carbonyl (C=O) groups excluding carboxylic acids is 1. The van der Waals surface area contributed by atoms with Crippen molar-refractivity contribution >= 4 is 11.9 Å². The highest BCUT2D eigenvalue weighted by Gasteiger charge is 2.31. The summed E-state index contributed by atoms with van der Waals surface area (Å²) in [6.07, 6.45) is 4.41. The van der Waals surface area contributed by atoms with Crippen LogP contribution >= 0.6 is 0 Å². The molecule has 8 nitrogen and oxygen atoms in total. The first-order chi connectivity index (χ1) is 12.0. The van der Waals surface area contributed by atoms with Gasteiger partial charge in [-0.05, 0) is 19.8 Å². The van der Waals surface area contributed by atoms with Crippen molar-refractivity contribution in [2.24, 2.45) is 7.05 Å². The Morgan fingerprint density at radius 3 is 2.72 bits per heavy atom. The van der Waals surface area contributed by atoms with Crippen LogP contribution in [0.5, 0.6) is 0 Å². The molecule has 0 spiro atoms. The maximum absolute atomic E-state index is 12.9. The number of carbonyl (C=O) groups is 2. The number of rotatable bonds is 3. The molecule has 1 saturated carbocycles. The summed E-state index contributed by atoms with van der Waals surface area (Å²) in [5.41, 5.74) is 2.67. The molecule has 0 unspecified atom stereocenters. The molecule has 1 aliphatic heterocycles. The lowest BCUT2D eigenvalue weighted by Gasteiger charge is -2.27. The zero-order valence-corrected chi connectivity index (χ0v) is 14.2. The Balaban J connectivity index is 1.61. The molecule has 0 saturated heterocycles. The van der Waals surface area contributed by atoms with Gasteiger partial charge in [0.15, 0.2) is 5.69 Å². The summed E-state index contributed by atoms with van der Waals surface area (Å²) in [4.78, 5) is 34.8. The minimum absolute atomic E-state index is 0.0204. The van der Waals surface area contributed by atoms with Crippen LogP contribution in [0.15, 0.2) is 6.20 Å². The topological polar surface area (TPSA) is 101 Å². The van der Waals surface area contributed by atoms with Gasteiger partial charge >= 0.3 is 5.97 Å². The number of amides is 1. The first-order valence-electron chi connectivity index (χ1n) is 8.36. The van der Waals surface area contributed by atoms with E-state index >= 15 is 0 Å². The van der Waals surface area contributed by atoms with Crippen LogP contribution in [-0.4, -0.2) is 48.2 Å². The van der Waals surface area contributed by atoms with E-state index in [0.29, 0.717) is 35.7 Å². The molecule has 0 aromatic carbocycles. The van der Waals surface area contributed by atoms with Gasteiger partial charge in [-0.25, -0.2) is 14.8 Å². The predicted molar refractivity (Wildman–Crippen MR) is 87.4 cm³/mol. The van der Waals surface area contributed by atoms with E-state index in [1.54, 1.807) is 22.8 Å². The number of aryl methyl sites for hydroxylation is 2. The molecule has 1 fully saturated rings. The fourth-order valence-corrected chi connectivity index (χ4v) is 3.34. The monoisotopic (exact) mass is 341 g/mol. The quantitative estimate of drug-likeness (QED) is 0.903. The molecule has 1 N–H and O–H groups in total. The number of aromatic carboxylic acids is 1. The van der Waals surface area contributed by atoms with Gasteiger partial charge in [-0.15, -0.1) is 0 Å². The SMILES string of the molecule is Cc1nc(C2CC2)ncc1C(=O)N1CCc2c(c(C(=O)O)nn2C)C1. The van der Waals surface area contributed by atoms with Crippen LogP contribution in [0.3, 0.4) is 0 Å². The van der Waals surface area contributed by atoms with Crippen LogP contribution in [0.2, 0.25) is 0 Å². The lowest BCUT2D eigenvalue weighted by atomic mass is 10.0. The molecule has 1 amide bonds. The molecule has 0 radical (unpaired) electrons. The normalized spacial score (nSPS) is 16.6. The molecule has 2 aromatic heterocycles. The fourth-order valence-electron chi connectivity index (χ4n) is 3.34. The van der Waals surface area contributed by atoms with Gasteiger partial charge in [0.05, 0.1) is 17.8 Å². The van der Waals surface area contributed by atoms with Gasteiger partial charge in [0.25, 0.3) is 5.91 Å². The molecule has 25 heavy (non-hydrogen) atoms. The maximum Gasteiger partial charge on any atom is 0.356 e. The molecule has 130 valence electrons. The zero-order chi connectivity index (χ0) is 17.7. The van der Waals surface area contributed by atoms with Crippen molar-refractivity contribution in [1.29, 1.82) is 0 Å². The molecule has 4 rings (SSSR count). The summed E-state index contributed by atoms with van der Waals surface area (Å²) >= 11 is 0. The highest BCUT2D eigenvalue weighted by molar-refractivity contribution is 5.95. The Hall–Kier alpha value is -2.77. The maximum atomic E-state index is 12.9. The number of hydrogen-bond acceptors (Lipinski definition) is 5. The molecule has 0 bridgehead atoms. The molecule has 8 heteroatoms. The Kier molecular flexibility index (Phi) is 3.55. The predicted octanol–water partition coefficient (Wildman–Crippen LogP) is 1.29. The average molecular weight is 341 g/mol. The number of aromatic nitrogens is 4. The molecule has 1 aliphatic carbocycles. The van der Waals surface area contributed by atoms with Gasteiger partial charge < -0.3 is 10.0 Å². The van der Waals surface area contributed by atoms with E-state index in [1.807, 2.05) is 6.92 Å². The van der Waals surface area contributed by atoms with E-state index in [0.717, 1.165) is 24.4 Å². The Labute approximate surface area is 144 Å². The minimum Gasteiger partial charge on any atom is -0.476 e. The first-order valence-corrected chi connectivity index (χ1v) is 8.36. The van der Waals surface area contributed by atoms with Crippen molar-refractivity contribution in [3.63, 3.8) is 0 Å². The second-order valence-corrected chi connectivity index (χ2v) is 6.68. The van der Waals surface area contributed by atoms with Crippen LogP contribution in [0.4, 0.5) is 0 Å². The Bertz CT molecular complexity index is 885. The number of fused-ring (bicyclic) bond motifs is 1. The second kappa shape index (κ2) is 5.65.